The van der Waals surface area contributed by atoms with E-state index in [-0.39, 0.29) is 6.03 Å². The third kappa shape index (κ3) is 2.40. The molecule has 3 heteroatoms. The maximum absolute atomic E-state index is 11.3. The van der Waals surface area contributed by atoms with Crippen LogP contribution in [-0.2, 0) is 0 Å². The second kappa shape index (κ2) is 4.33. The second-order valence-corrected chi connectivity index (χ2v) is 3.33. The van der Waals surface area contributed by atoms with E-state index in [0.717, 1.165) is 19.4 Å². The van der Waals surface area contributed by atoms with Gasteiger partial charge in [-0.15, -0.1) is 0 Å². The summed E-state index contributed by atoms with van der Waals surface area (Å²) >= 11 is 0. The molecule has 1 saturated carbocycles. The van der Waals surface area contributed by atoms with Gasteiger partial charge in [0.05, 0.1) is 0 Å². The van der Waals surface area contributed by atoms with Crippen LogP contribution in [0.5, 0.6) is 0 Å². The molecule has 0 spiro atoms. The molecular formula is C9H18N2O. The number of nitrogens with zero attached hydrogens (tertiary/aromatic N) is 1. The number of carbonyl (C=O) groups excluding carboxylic acids is 1. The molecular weight excluding hydrogens is 152 g/mol. The van der Waals surface area contributed by atoms with Crippen LogP contribution in [0.1, 0.15) is 32.6 Å². The van der Waals surface area contributed by atoms with Crippen molar-refractivity contribution in [3.05, 3.63) is 0 Å². The minimum Gasteiger partial charge on any atom is -0.341 e. The number of urea groups is 1. The molecule has 0 aliphatic heterocycles. The lowest BCUT2D eigenvalue weighted by atomic mass is 10.3. The van der Waals surface area contributed by atoms with E-state index in [0.29, 0.717) is 6.04 Å². The Kier molecular flexibility index (Phi) is 3.38. The van der Waals surface area contributed by atoms with E-state index in [9.17, 15) is 4.79 Å². The monoisotopic (exact) mass is 170 g/mol. The van der Waals surface area contributed by atoms with Crippen molar-refractivity contribution in [2.45, 2.75) is 38.6 Å². The molecule has 1 aliphatic rings. The van der Waals surface area contributed by atoms with Crippen molar-refractivity contribution in [1.29, 1.82) is 0 Å². The lowest BCUT2D eigenvalue weighted by molar-refractivity contribution is 0.196. The molecule has 0 atom stereocenters. The van der Waals surface area contributed by atoms with Crippen LogP contribution >= 0.6 is 0 Å². The lowest BCUT2D eigenvalue weighted by Gasteiger charge is -2.21. The first-order valence-electron chi connectivity index (χ1n) is 4.78. The SMILES string of the molecule is CCCCN(C(=O)NC)C1CC1. The summed E-state index contributed by atoms with van der Waals surface area (Å²) in [6.45, 7) is 3.07. The minimum absolute atomic E-state index is 0.0888. The van der Waals surface area contributed by atoms with Gasteiger partial charge in [0.2, 0.25) is 0 Å². The largest absolute Gasteiger partial charge is 0.341 e. The first kappa shape index (κ1) is 9.36. The van der Waals surface area contributed by atoms with Crippen molar-refractivity contribution in [1.82, 2.24) is 10.2 Å². The van der Waals surface area contributed by atoms with E-state index in [1.165, 1.54) is 12.8 Å². The smallest absolute Gasteiger partial charge is 0.317 e. The van der Waals surface area contributed by atoms with Crippen LogP contribution < -0.4 is 5.32 Å². The minimum atomic E-state index is 0.0888. The van der Waals surface area contributed by atoms with Gasteiger partial charge in [0.1, 0.15) is 0 Å². The summed E-state index contributed by atoms with van der Waals surface area (Å²) in [7, 11) is 1.70. The number of unbranched alkanes of at least 4 members (excludes halogenated alkanes) is 1. The normalized spacial score (nSPS) is 15.8. The molecule has 3 nitrogen and oxygen atoms in total. The fourth-order valence-corrected chi connectivity index (χ4v) is 1.31. The first-order valence-corrected chi connectivity index (χ1v) is 4.78. The molecule has 2 amide bonds. The van der Waals surface area contributed by atoms with Crippen LogP contribution in [0.15, 0.2) is 0 Å². The average Bonchev–Trinajstić information content (AvgIpc) is 2.88. The average molecular weight is 170 g/mol. The second-order valence-electron chi connectivity index (χ2n) is 3.33. The van der Waals surface area contributed by atoms with Crippen LogP contribution in [0.4, 0.5) is 4.79 Å². The van der Waals surface area contributed by atoms with E-state index < -0.39 is 0 Å². The Labute approximate surface area is 74.1 Å². The molecule has 0 aromatic heterocycles. The molecule has 1 fully saturated rings. The topological polar surface area (TPSA) is 32.3 Å². The molecule has 12 heavy (non-hydrogen) atoms. The Bertz CT molecular complexity index is 155. The van der Waals surface area contributed by atoms with Gasteiger partial charge in [-0.1, -0.05) is 13.3 Å². The number of nitrogens with one attached hydrogen (secondary N) is 1. The number of hydrogen-bond donors (Lipinski definition) is 1. The molecule has 0 heterocycles. The molecule has 0 aromatic rings. The molecule has 0 unspecified atom stereocenters. The number of carbonyl (C=O) groups is 1. The summed E-state index contributed by atoms with van der Waals surface area (Å²) in [6, 6.07) is 0.627. The fraction of sp³-hybridized carbons (Fsp3) is 0.889. The summed E-state index contributed by atoms with van der Waals surface area (Å²) < 4.78 is 0. The Hall–Kier alpha value is -0.730. The Morgan fingerprint density at radius 1 is 1.58 bits per heavy atom. The van der Waals surface area contributed by atoms with Gasteiger partial charge >= 0.3 is 6.03 Å². The van der Waals surface area contributed by atoms with E-state index in [1.54, 1.807) is 7.05 Å². The van der Waals surface area contributed by atoms with Gasteiger partial charge in [-0.3, -0.25) is 0 Å². The Morgan fingerprint density at radius 2 is 2.25 bits per heavy atom. The van der Waals surface area contributed by atoms with Gasteiger partial charge in [-0.25, -0.2) is 4.79 Å². The van der Waals surface area contributed by atoms with Gasteiger partial charge < -0.3 is 10.2 Å². The standard InChI is InChI=1S/C9H18N2O/c1-3-4-7-11(8-5-6-8)9(12)10-2/h8H,3-7H2,1-2H3,(H,10,12). The highest BCUT2D eigenvalue weighted by atomic mass is 16.2. The maximum Gasteiger partial charge on any atom is 0.317 e. The summed E-state index contributed by atoms with van der Waals surface area (Å²) in [5.74, 6) is 0. The molecule has 0 radical (unpaired) electrons. The summed E-state index contributed by atoms with van der Waals surface area (Å²) in [5, 5.41) is 2.68. The van der Waals surface area contributed by atoms with E-state index in [4.69, 9.17) is 0 Å². The Morgan fingerprint density at radius 3 is 2.67 bits per heavy atom. The predicted octanol–water partition coefficient (Wildman–Crippen LogP) is 1.59. The van der Waals surface area contributed by atoms with Crippen molar-refractivity contribution >= 4 is 6.03 Å². The van der Waals surface area contributed by atoms with E-state index in [2.05, 4.69) is 12.2 Å². The maximum atomic E-state index is 11.3. The van der Waals surface area contributed by atoms with Gasteiger partial charge in [0.25, 0.3) is 0 Å². The quantitative estimate of drug-likeness (QED) is 0.682. The van der Waals surface area contributed by atoms with Crippen LogP contribution in [0, 0.1) is 0 Å². The van der Waals surface area contributed by atoms with Crippen molar-refractivity contribution in [3.8, 4) is 0 Å². The molecule has 1 aliphatic carbocycles. The Balaban J connectivity index is 2.32. The molecule has 0 bridgehead atoms. The van der Waals surface area contributed by atoms with E-state index in [1.807, 2.05) is 4.90 Å². The van der Waals surface area contributed by atoms with Crippen molar-refractivity contribution in [3.63, 3.8) is 0 Å². The number of rotatable bonds is 4. The first-order chi connectivity index (χ1) is 5.79. The molecule has 0 saturated heterocycles. The highest BCUT2D eigenvalue weighted by molar-refractivity contribution is 5.74. The van der Waals surface area contributed by atoms with Crippen LogP contribution in [0.3, 0.4) is 0 Å². The van der Waals surface area contributed by atoms with Crippen LogP contribution in [-0.4, -0.2) is 30.6 Å². The third-order valence-electron chi connectivity index (χ3n) is 2.21. The van der Waals surface area contributed by atoms with Crippen LogP contribution in [0.2, 0.25) is 0 Å². The van der Waals surface area contributed by atoms with Gasteiger partial charge in [0.15, 0.2) is 0 Å². The predicted molar refractivity (Wildman–Crippen MR) is 49.1 cm³/mol. The summed E-state index contributed by atoms with van der Waals surface area (Å²) in [4.78, 5) is 13.3. The van der Waals surface area contributed by atoms with Gasteiger partial charge in [-0.05, 0) is 19.3 Å². The number of hydrogen-bond acceptors (Lipinski definition) is 1. The highest BCUT2D eigenvalue weighted by Crippen LogP contribution is 2.26. The molecule has 1 N–H and O–H groups in total. The highest BCUT2D eigenvalue weighted by Gasteiger charge is 2.31. The summed E-state index contributed by atoms with van der Waals surface area (Å²) in [6.07, 6.45) is 4.65. The zero-order valence-corrected chi connectivity index (χ0v) is 7.97. The molecule has 1 rings (SSSR count). The van der Waals surface area contributed by atoms with Crippen molar-refractivity contribution in [2.75, 3.05) is 13.6 Å². The van der Waals surface area contributed by atoms with Crippen LogP contribution in [0.25, 0.3) is 0 Å². The van der Waals surface area contributed by atoms with Gasteiger partial charge in [-0.2, -0.15) is 0 Å². The van der Waals surface area contributed by atoms with Crippen molar-refractivity contribution < 1.29 is 4.79 Å². The molecule has 70 valence electrons. The van der Waals surface area contributed by atoms with Crippen molar-refractivity contribution in [2.24, 2.45) is 0 Å². The lowest BCUT2D eigenvalue weighted by Crippen LogP contribution is -2.40. The fourth-order valence-electron chi connectivity index (χ4n) is 1.31. The van der Waals surface area contributed by atoms with Gasteiger partial charge in [0, 0.05) is 19.6 Å². The van der Waals surface area contributed by atoms with E-state index >= 15 is 0 Å². The third-order valence-corrected chi connectivity index (χ3v) is 2.21. The zero-order chi connectivity index (χ0) is 8.97. The summed E-state index contributed by atoms with van der Waals surface area (Å²) in [5.41, 5.74) is 0. The molecule has 0 aromatic carbocycles. The zero-order valence-electron chi connectivity index (χ0n) is 7.97. The number of amides is 2.